The molecule has 1 atom stereocenters. The standard InChI is InChI=1S/C17H22N2/c1-5-12(2)10-17(18-4)15-11-13(3)19-16-9-7-6-8-14(15)16/h6-9,11,17-18H,2,5,10H2,1,3-4H3. The number of benzene rings is 1. The molecule has 0 bridgehead atoms. The molecule has 0 spiro atoms. The van der Waals surface area contributed by atoms with Crippen LogP contribution in [0.5, 0.6) is 0 Å². The Hall–Kier alpha value is -1.67. The second-order valence-corrected chi connectivity index (χ2v) is 5.02. The Bertz CT molecular complexity index is 587. The van der Waals surface area contributed by atoms with Crippen LogP contribution in [0, 0.1) is 6.92 Å². The molecule has 0 saturated heterocycles. The van der Waals surface area contributed by atoms with E-state index in [0.717, 1.165) is 24.1 Å². The van der Waals surface area contributed by atoms with Crippen molar-refractivity contribution < 1.29 is 0 Å². The van der Waals surface area contributed by atoms with E-state index in [4.69, 9.17) is 0 Å². The Morgan fingerprint density at radius 1 is 1.37 bits per heavy atom. The van der Waals surface area contributed by atoms with Crippen LogP contribution in [0.2, 0.25) is 0 Å². The van der Waals surface area contributed by atoms with Crippen LogP contribution in [0.3, 0.4) is 0 Å². The third-order valence-corrected chi connectivity index (χ3v) is 3.59. The molecule has 2 nitrogen and oxygen atoms in total. The summed E-state index contributed by atoms with van der Waals surface area (Å²) in [6.07, 6.45) is 2.00. The van der Waals surface area contributed by atoms with E-state index in [2.05, 4.69) is 55.0 Å². The zero-order valence-corrected chi connectivity index (χ0v) is 12.0. The third-order valence-electron chi connectivity index (χ3n) is 3.59. The van der Waals surface area contributed by atoms with Gasteiger partial charge in [0.05, 0.1) is 5.52 Å². The van der Waals surface area contributed by atoms with Crippen molar-refractivity contribution in [1.29, 1.82) is 0 Å². The van der Waals surface area contributed by atoms with Gasteiger partial charge in [0.15, 0.2) is 0 Å². The van der Waals surface area contributed by atoms with E-state index in [1.807, 2.05) is 13.1 Å². The molecule has 1 N–H and O–H groups in total. The summed E-state index contributed by atoms with van der Waals surface area (Å²) in [6, 6.07) is 10.8. The summed E-state index contributed by atoms with van der Waals surface area (Å²) >= 11 is 0. The van der Waals surface area contributed by atoms with Gasteiger partial charge in [-0.15, -0.1) is 0 Å². The number of rotatable bonds is 5. The van der Waals surface area contributed by atoms with E-state index in [9.17, 15) is 0 Å². The second-order valence-electron chi connectivity index (χ2n) is 5.02. The first-order chi connectivity index (χ1) is 9.15. The van der Waals surface area contributed by atoms with Crippen LogP contribution in [0.4, 0.5) is 0 Å². The van der Waals surface area contributed by atoms with Crippen molar-refractivity contribution in [3.8, 4) is 0 Å². The minimum atomic E-state index is 0.305. The molecule has 19 heavy (non-hydrogen) atoms. The molecule has 1 unspecified atom stereocenters. The van der Waals surface area contributed by atoms with Crippen LogP contribution in [0.1, 0.15) is 37.1 Å². The number of para-hydroxylation sites is 1. The number of nitrogens with one attached hydrogen (secondary N) is 1. The van der Waals surface area contributed by atoms with Crippen molar-refractivity contribution in [3.05, 3.63) is 53.7 Å². The summed E-state index contributed by atoms with van der Waals surface area (Å²) in [6.45, 7) is 8.34. The lowest BCUT2D eigenvalue weighted by atomic mass is 9.95. The molecule has 0 aliphatic heterocycles. The zero-order valence-electron chi connectivity index (χ0n) is 12.0. The molecule has 0 aliphatic carbocycles. The predicted octanol–water partition coefficient (Wildman–Crippen LogP) is 4.16. The largest absolute Gasteiger partial charge is 0.313 e. The topological polar surface area (TPSA) is 24.9 Å². The van der Waals surface area contributed by atoms with Gasteiger partial charge in [0.1, 0.15) is 0 Å². The van der Waals surface area contributed by atoms with Crippen molar-refractivity contribution in [2.75, 3.05) is 7.05 Å². The van der Waals surface area contributed by atoms with E-state index in [1.165, 1.54) is 16.5 Å². The maximum atomic E-state index is 4.60. The summed E-state index contributed by atoms with van der Waals surface area (Å²) in [7, 11) is 2.01. The molecule has 0 saturated carbocycles. The van der Waals surface area contributed by atoms with Crippen molar-refractivity contribution in [2.24, 2.45) is 0 Å². The molecule has 2 rings (SSSR count). The summed E-state index contributed by atoms with van der Waals surface area (Å²) in [5.41, 5.74) is 4.73. The molecule has 1 aromatic heterocycles. The SMILES string of the molecule is C=C(CC)CC(NC)c1cc(C)nc2ccccc12. The first-order valence-corrected chi connectivity index (χ1v) is 6.86. The molecule has 1 heterocycles. The summed E-state index contributed by atoms with van der Waals surface area (Å²) in [4.78, 5) is 4.60. The number of aromatic nitrogens is 1. The summed E-state index contributed by atoms with van der Waals surface area (Å²) in [5, 5.41) is 4.65. The van der Waals surface area contributed by atoms with Gasteiger partial charge < -0.3 is 5.32 Å². The van der Waals surface area contributed by atoms with Crippen LogP contribution < -0.4 is 5.32 Å². The highest BCUT2D eigenvalue weighted by Gasteiger charge is 2.14. The number of hydrogen-bond acceptors (Lipinski definition) is 2. The Balaban J connectivity index is 2.49. The lowest BCUT2D eigenvalue weighted by Crippen LogP contribution is -2.17. The smallest absolute Gasteiger partial charge is 0.0708 e. The zero-order chi connectivity index (χ0) is 13.8. The highest BCUT2D eigenvalue weighted by molar-refractivity contribution is 5.82. The van der Waals surface area contributed by atoms with Crippen LogP contribution in [0.25, 0.3) is 10.9 Å². The van der Waals surface area contributed by atoms with E-state index in [1.54, 1.807) is 0 Å². The molecule has 0 fully saturated rings. The average Bonchev–Trinajstić information content (AvgIpc) is 2.43. The van der Waals surface area contributed by atoms with E-state index in [0.29, 0.717) is 6.04 Å². The van der Waals surface area contributed by atoms with Gasteiger partial charge in [-0.1, -0.05) is 37.3 Å². The quantitative estimate of drug-likeness (QED) is 0.810. The van der Waals surface area contributed by atoms with E-state index >= 15 is 0 Å². The van der Waals surface area contributed by atoms with Gasteiger partial charge in [-0.2, -0.15) is 0 Å². The normalized spacial score (nSPS) is 12.6. The second kappa shape index (κ2) is 5.98. The minimum absolute atomic E-state index is 0.305. The first-order valence-electron chi connectivity index (χ1n) is 6.86. The maximum absolute atomic E-state index is 4.60. The molecule has 2 aromatic rings. The van der Waals surface area contributed by atoms with Crippen molar-refractivity contribution in [3.63, 3.8) is 0 Å². The molecular weight excluding hydrogens is 232 g/mol. The van der Waals surface area contributed by atoms with E-state index in [-0.39, 0.29) is 0 Å². The average molecular weight is 254 g/mol. The number of pyridine rings is 1. The predicted molar refractivity (Wildman–Crippen MR) is 82.3 cm³/mol. The van der Waals surface area contributed by atoms with Gasteiger partial charge in [-0.05, 0) is 44.5 Å². The van der Waals surface area contributed by atoms with Crippen LogP contribution in [-0.2, 0) is 0 Å². The van der Waals surface area contributed by atoms with Gasteiger partial charge >= 0.3 is 0 Å². The number of fused-ring (bicyclic) bond motifs is 1. The number of hydrogen-bond donors (Lipinski definition) is 1. The minimum Gasteiger partial charge on any atom is -0.313 e. The third kappa shape index (κ3) is 3.02. The lowest BCUT2D eigenvalue weighted by Gasteiger charge is -2.20. The fourth-order valence-corrected chi connectivity index (χ4v) is 2.43. The molecule has 0 amide bonds. The summed E-state index contributed by atoms with van der Waals surface area (Å²) in [5.74, 6) is 0. The molecule has 0 aliphatic rings. The molecule has 100 valence electrons. The van der Waals surface area contributed by atoms with Crippen molar-refractivity contribution in [2.45, 2.75) is 32.7 Å². The molecule has 2 heteroatoms. The van der Waals surface area contributed by atoms with Gasteiger partial charge in [-0.25, -0.2) is 0 Å². The van der Waals surface area contributed by atoms with Gasteiger partial charge in [0.25, 0.3) is 0 Å². The number of aryl methyl sites for hydroxylation is 1. The molecular formula is C17H22N2. The van der Waals surface area contributed by atoms with Gasteiger partial charge in [0.2, 0.25) is 0 Å². The van der Waals surface area contributed by atoms with Gasteiger partial charge in [-0.3, -0.25) is 4.98 Å². The lowest BCUT2D eigenvalue weighted by molar-refractivity contribution is 0.586. The highest BCUT2D eigenvalue weighted by Crippen LogP contribution is 2.28. The molecule has 1 aromatic carbocycles. The summed E-state index contributed by atoms with van der Waals surface area (Å²) < 4.78 is 0. The van der Waals surface area contributed by atoms with Crippen molar-refractivity contribution in [1.82, 2.24) is 10.3 Å². The van der Waals surface area contributed by atoms with E-state index < -0.39 is 0 Å². The first kappa shape index (κ1) is 13.8. The Kier molecular flexibility index (Phi) is 4.33. The van der Waals surface area contributed by atoms with Gasteiger partial charge in [0, 0.05) is 17.1 Å². The fourth-order valence-electron chi connectivity index (χ4n) is 2.43. The maximum Gasteiger partial charge on any atom is 0.0708 e. The van der Waals surface area contributed by atoms with Crippen LogP contribution >= 0.6 is 0 Å². The molecule has 0 radical (unpaired) electrons. The van der Waals surface area contributed by atoms with Crippen LogP contribution in [0.15, 0.2) is 42.5 Å². The fraction of sp³-hybridized carbons (Fsp3) is 0.353. The van der Waals surface area contributed by atoms with Crippen LogP contribution in [-0.4, -0.2) is 12.0 Å². The Morgan fingerprint density at radius 3 is 2.79 bits per heavy atom. The number of nitrogens with zero attached hydrogens (tertiary/aromatic N) is 1. The Labute approximate surface area is 115 Å². The highest BCUT2D eigenvalue weighted by atomic mass is 14.9. The monoisotopic (exact) mass is 254 g/mol. The van der Waals surface area contributed by atoms with Crippen molar-refractivity contribution >= 4 is 10.9 Å². The Morgan fingerprint density at radius 2 is 2.11 bits per heavy atom.